The third kappa shape index (κ3) is 4.43. The van der Waals surface area contributed by atoms with Crippen molar-refractivity contribution in [1.29, 1.82) is 0 Å². The van der Waals surface area contributed by atoms with Crippen LogP contribution in [0.1, 0.15) is 36.6 Å². The highest BCUT2D eigenvalue weighted by Crippen LogP contribution is 2.35. The molecule has 10 nitrogen and oxygen atoms in total. The van der Waals surface area contributed by atoms with Gasteiger partial charge in [0.15, 0.2) is 16.6 Å². The molecular weight excluding hydrogens is 538 g/mol. The van der Waals surface area contributed by atoms with Crippen molar-refractivity contribution in [2.75, 3.05) is 44.0 Å². The van der Waals surface area contributed by atoms with Gasteiger partial charge in [-0.15, -0.1) is 0 Å². The summed E-state index contributed by atoms with van der Waals surface area (Å²) < 4.78 is 37.8. The second-order valence-corrected chi connectivity index (χ2v) is 10.8. The van der Waals surface area contributed by atoms with Gasteiger partial charge in [-0.25, -0.2) is 28.4 Å². The van der Waals surface area contributed by atoms with E-state index in [1.54, 1.807) is 16.7 Å². The lowest BCUT2D eigenvalue weighted by Crippen LogP contribution is -2.36. The fourth-order valence-corrected chi connectivity index (χ4v) is 6.23. The Labute approximate surface area is 232 Å². The molecule has 1 aromatic carbocycles. The molecule has 206 valence electrons. The quantitative estimate of drug-likeness (QED) is 0.280. The molecule has 0 bridgehead atoms. The lowest BCUT2D eigenvalue weighted by atomic mass is 10.1. The first-order valence-electron chi connectivity index (χ1n) is 12.9. The van der Waals surface area contributed by atoms with Crippen LogP contribution in [0.25, 0.3) is 21.3 Å². The van der Waals surface area contributed by atoms with E-state index < -0.39 is 17.2 Å². The number of halogens is 2. The van der Waals surface area contributed by atoms with Gasteiger partial charge in [-0.1, -0.05) is 23.8 Å². The van der Waals surface area contributed by atoms with Crippen LogP contribution >= 0.6 is 11.3 Å². The Kier molecular flexibility index (Phi) is 6.81. The molecule has 5 heterocycles. The topological polar surface area (TPSA) is 115 Å². The van der Waals surface area contributed by atoms with E-state index in [9.17, 15) is 4.79 Å². The summed E-state index contributed by atoms with van der Waals surface area (Å²) in [6.07, 6.45) is 4.90. The minimum absolute atomic E-state index is 0.0856. The maximum absolute atomic E-state index is 15.4. The highest BCUT2D eigenvalue weighted by Gasteiger charge is 2.36. The van der Waals surface area contributed by atoms with Gasteiger partial charge < -0.3 is 20.3 Å². The smallest absolute Gasteiger partial charge is 0.246 e. The van der Waals surface area contributed by atoms with E-state index in [1.807, 2.05) is 4.90 Å². The predicted molar refractivity (Wildman–Crippen MR) is 148 cm³/mol. The molecule has 0 spiro atoms. The SMILES string of the molecule is C=CC(=O)N1C[C@@H](n2nc(C#Cc3c(F)cc4sc(N5CCC5)nc4c3F)c3c(N)ncnc32)C[C@@H]1CCOC. The summed E-state index contributed by atoms with van der Waals surface area (Å²) in [5.74, 6) is 3.79. The van der Waals surface area contributed by atoms with Crippen LogP contribution in [0, 0.1) is 23.5 Å². The normalized spacial score (nSPS) is 18.7. The first-order chi connectivity index (χ1) is 19.4. The van der Waals surface area contributed by atoms with E-state index in [0.29, 0.717) is 46.9 Å². The highest BCUT2D eigenvalue weighted by atomic mass is 32.1. The monoisotopic (exact) mass is 564 g/mol. The number of anilines is 2. The molecule has 2 saturated heterocycles. The third-order valence-corrected chi connectivity index (χ3v) is 8.43. The summed E-state index contributed by atoms with van der Waals surface area (Å²) >= 11 is 1.26. The van der Waals surface area contributed by atoms with E-state index in [2.05, 4.69) is 38.5 Å². The standard InChI is InChI=1S/C27H26F2N8O2S/c1-3-21(38)36-13-16(11-15(36)7-10-39-2)37-26-22(25(30)31-14-32-26)19(34-37)6-5-17-18(28)12-20-24(23(17)29)33-27(40-20)35-8-4-9-35/h3,12,14-16H,1,4,7-11,13H2,2H3,(H2,30,31,32)/t15-,16-/m0/s1. The zero-order valence-electron chi connectivity index (χ0n) is 21.7. The van der Waals surface area contributed by atoms with Crippen molar-refractivity contribution in [3.63, 3.8) is 0 Å². The molecular formula is C27H26F2N8O2S. The molecule has 3 aromatic heterocycles. The number of nitrogens with two attached hydrogens (primary N) is 1. The maximum atomic E-state index is 15.4. The summed E-state index contributed by atoms with van der Waals surface area (Å²) in [5.41, 5.74) is 6.50. The van der Waals surface area contributed by atoms with Crippen LogP contribution < -0.4 is 10.6 Å². The van der Waals surface area contributed by atoms with Crippen molar-refractivity contribution in [2.45, 2.75) is 31.3 Å². The Balaban J connectivity index is 1.39. The van der Waals surface area contributed by atoms with Gasteiger partial charge in [-0.2, -0.15) is 5.10 Å². The average molecular weight is 565 g/mol. The summed E-state index contributed by atoms with van der Waals surface area (Å²) in [6, 6.07) is 0.942. The van der Waals surface area contributed by atoms with Gasteiger partial charge in [-0.05, 0) is 37.3 Å². The highest BCUT2D eigenvalue weighted by molar-refractivity contribution is 7.22. The van der Waals surface area contributed by atoms with Crippen molar-refractivity contribution < 1.29 is 18.3 Å². The number of aromatic nitrogens is 5. The molecule has 0 radical (unpaired) electrons. The molecule has 13 heteroatoms. The fraction of sp³-hybridized carbons (Fsp3) is 0.370. The number of ether oxygens (including phenoxy) is 1. The first kappa shape index (κ1) is 26.1. The van der Waals surface area contributed by atoms with Gasteiger partial charge in [0, 0.05) is 39.4 Å². The van der Waals surface area contributed by atoms with Gasteiger partial charge in [0.25, 0.3) is 0 Å². The number of hydrogen-bond donors (Lipinski definition) is 1. The van der Waals surface area contributed by atoms with Crippen molar-refractivity contribution in [3.8, 4) is 11.8 Å². The Hall–Kier alpha value is -4.15. The maximum Gasteiger partial charge on any atom is 0.246 e. The molecule has 0 aliphatic carbocycles. The number of nitrogen functional groups attached to an aromatic ring is 1. The summed E-state index contributed by atoms with van der Waals surface area (Å²) in [5, 5.41) is 5.70. The van der Waals surface area contributed by atoms with Crippen LogP contribution in [-0.4, -0.2) is 74.9 Å². The molecule has 6 rings (SSSR count). The zero-order chi connectivity index (χ0) is 28.0. The molecule has 2 aliphatic heterocycles. The largest absolute Gasteiger partial charge is 0.385 e. The molecule has 1 amide bonds. The van der Waals surface area contributed by atoms with Crippen LogP contribution in [0.2, 0.25) is 0 Å². The Morgan fingerprint density at radius 1 is 1.32 bits per heavy atom. The van der Waals surface area contributed by atoms with Gasteiger partial charge in [0.05, 0.1) is 21.7 Å². The van der Waals surface area contributed by atoms with E-state index in [-0.39, 0.29) is 35.0 Å². The van der Waals surface area contributed by atoms with Gasteiger partial charge in [0.2, 0.25) is 5.91 Å². The molecule has 2 N–H and O–H groups in total. The van der Waals surface area contributed by atoms with Crippen molar-refractivity contribution >= 4 is 49.4 Å². The lowest BCUT2D eigenvalue weighted by molar-refractivity contribution is -0.127. The fourth-order valence-electron chi connectivity index (χ4n) is 5.19. The Bertz CT molecular complexity index is 1700. The number of benzene rings is 1. The predicted octanol–water partition coefficient (Wildman–Crippen LogP) is 3.27. The minimum Gasteiger partial charge on any atom is -0.385 e. The number of carbonyl (C=O) groups excluding carboxylic acids is 1. The van der Waals surface area contributed by atoms with E-state index >= 15 is 8.78 Å². The number of likely N-dealkylation sites (tertiary alicyclic amines) is 1. The van der Waals surface area contributed by atoms with Gasteiger partial charge in [0.1, 0.15) is 29.2 Å². The molecule has 40 heavy (non-hydrogen) atoms. The number of methoxy groups -OCH3 is 1. The molecule has 0 saturated carbocycles. The average Bonchev–Trinajstić information content (AvgIpc) is 3.62. The number of thiazole rings is 1. The van der Waals surface area contributed by atoms with E-state index in [0.717, 1.165) is 19.5 Å². The Morgan fingerprint density at radius 2 is 2.15 bits per heavy atom. The van der Waals surface area contributed by atoms with E-state index in [1.165, 1.54) is 29.8 Å². The van der Waals surface area contributed by atoms with Crippen LogP contribution in [0.3, 0.4) is 0 Å². The second-order valence-electron chi connectivity index (χ2n) is 9.75. The number of nitrogens with zero attached hydrogens (tertiary/aromatic N) is 7. The van der Waals surface area contributed by atoms with Gasteiger partial charge in [-0.3, -0.25) is 4.79 Å². The van der Waals surface area contributed by atoms with Crippen LogP contribution in [0.5, 0.6) is 0 Å². The molecule has 2 aliphatic rings. The molecule has 0 unspecified atom stereocenters. The first-order valence-corrected chi connectivity index (χ1v) is 13.7. The Morgan fingerprint density at radius 3 is 2.88 bits per heavy atom. The number of rotatable bonds is 6. The summed E-state index contributed by atoms with van der Waals surface area (Å²) in [4.78, 5) is 29.2. The lowest BCUT2D eigenvalue weighted by Gasteiger charge is -2.30. The zero-order valence-corrected chi connectivity index (χ0v) is 22.5. The molecule has 2 atom stereocenters. The van der Waals surface area contributed by atoms with E-state index in [4.69, 9.17) is 10.5 Å². The number of amides is 1. The van der Waals surface area contributed by atoms with Crippen LogP contribution in [0.15, 0.2) is 25.0 Å². The number of hydrogen-bond acceptors (Lipinski definition) is 9. The second kappa shape index (κ2) is 10.4. The van der Waals surface area contributed by atoms with Crippen molar-refractivity contribution in [3.05, 3.63) is 47.9 Å². The summed E-state index contributed by atoms with van der Waals surface area (Å²) in [6.45, 7) is 6.18. The molecule has 4 aromatic rings. The molecule has 2 fully saturated rings. The van der Waals surface area contributed by atoms with Crippen molar-refractivity contribution in [1.82, 2.24) is 29.6 Å². The third-order valence-electron chi connectivity index (χ3n) is 7.37. The van der Waals surface area contributed by atoms with Crippen molar-refractivity contribution in [2.24, 2.45) is 0 Å². The minimum atomic E-state index is -0.811. The summed E-state index contributed by atoms with van der Waals surface area (Å²) in [7, 11) is 1.61. The van der Waals surface area contributed by atoms with Crippen LogP contribution in [-0.2, 0) is 9.53 Å². The van der Waals surface area contributed by atoms with Gasteiger partial charge >= 0.3 is 0 Å². The number of carbonyl (C=O) groups is 1. The number of fused-ring (bicyclic) bond motifs is 2. The van der Waals surface area contributed by atoms with Crippen LogP contribution in [0.4, 0.5) is 19.7 Å².